The SMILES string of the molecule is Cc1ccc(-c2ccc3c(c2)c2c4ccccc4c4ccccc4c2n3-c2cccc(-c3ccccc3)c2)cc1. The maximum atomic E-state index is 2.48. The van der Waals surface area contributed by atoms with Crippen LogP contribution >= 0.6 is 0 Å². The Labute approximate surface area is 233 Å². The molecular formula is C39H27N. The van der Waals surface area contributed by atoms with Crippen molar-refractivity contribution in [1.29, 1.82) is 0 Å². The molecule has 0 unspecified atom stereocenters. The second-order valence-electron chi connectivity index (χ2n) is 10.7. The molecule has 1 nitrogen and oxygen atoms in total. The maximum absolute atomic E-state index is 2.48. The predicted molar refractivity (Wildman–Crippen MR) is 171 cm³/mol. The van der Waals surface area contributed by atoms with Crippen molar-refractivity contribution in [3.63, 3.8) is 0 Å². The third-order valence-corrected chi connectivity index (χ3v) is 8.23. The van der Waals surface area contributed by atoms with Crippen LogP contribution in [-0.2, 0) is 0 Å². The lowest BCUT2D eigenvalue weighted by Crippen LogP contribution is -1.95. The highest BCUT2D eigenvalue weighted by molar-refractivity contribution is 6.32. The third-order valence-electron chi connectivity index (χ3n) is 8.23. The first kappa shape index (κ1) is 22.8. The molecule has 1 aromatic heterocycles. The first-order valence-electron chi connectivity index (χ1n) is 13.9. The molecule has 0 radical (unpaired) electrons. The van der Waals surface area contributed by atoms with Gasteiger partial charge in [0.2, 0.25) is 0 Å². The molecule has 0 saturated carbocycles. The molecule has 0 atom stereocenters. The summed E-state index contributed by atoms with van der Waals surface area (Å²) in [6.07, 6.45) is 0. The minimum absolute atomic E-state index is 1.17. The van der Waals surface area contributed by atoms with Gasteiger partial charge in [-0.05, 0) is 69.6 Å². The monoisotopic (exact) mass is 509 g/mol. The summed E-state index contributed by atoms with van der Waals surface area (Å²) in [6.45, 7) is 2.14. The summed E-state index contributed by atoms with van der Waals surface area (Å²) in [5.41, 5.74) is 9.85. The molecule has 0 aliphatic carbocycles. The molecule has 0 fully saturated rings. The lowest BCUT2D eigenvalue weighted by atomic mass is 9.95. The predicted octanol–water partition coefficient (Wildman–Crippen LogP) is 10.7. The van der Waals surface area contributed by atoms with Crippen LogP contribution in [-0.4, -0.2) is 4.57 Å². The molecule has 0 N–H and O–H groups in total. The Morgan fingerprint density at radius 3 is 1.75 bits per heavy atom. The van der Waals surface area contributed by atoms with Crippen LogP contribution in [0.3, 0.4) is 0 Å². The highest BCUT2D eigenvalue weighted by atomic mass is 15.0. The summed E-state index contributed by atoms with van der Waals surface area (Å²) in [4.78, 5) is 0. The number of hydrogen-bond acceptors (Lipinski definition) is 0. The molecule has 1 heterocycles. The lowest BCUT2D eigenvalue weighted by Gasteiger charge is -2.13. The largest absolute Gasteiger partial charge is 0.309 e. The molecular weight excluding hydrogens is 482 g/mol. The van der Waals surface area contributed by atoms with Gasteiger partial charge in [0.05, 0.1) is 11.0 Å². The topological polar surface area (TPSA) is 4.93 Å². The summed E-state index contributed by atoms with van der Waals surface area (Å²) in [5, 5.41) is 7.73. The summed E-state index contributed by atoms with van der Waals surface area (Å²) in [7, 11) is 0. The molecule has 8 rings (SSSR count). The number of aryl methyl sites for hydroxylation is 1. The van der Waals surface area contributed by atoms with E-state index < -0.39 is 0 Å². The Balaban J connectivity index is 1.54. The first-order chi connectivity index (χ1) is 19.8. The van der Waals surface area contributed by atoms with E-state index in [4.69, 9.17) is 0 Å². The normalized spacial score (nSPS) is 11.6. The van der Waals surface area contributed by atoms with Crippen LogP contribution < -0.4 is 0 Å². The van der Waals surface area contributed by atoms with Gasteiger partial charge < -0.3 is 4.57 Å². The van der Waals surface area contributed by atoms with Crippen LogP contribution in [0.25, 0.3) is 71.3 Å². The van der Waals surface area contributed by atoms with E-state index in [-0.39, 0.29) is 0 Å². The smallest absolute Gasteiger partial charge is 0.0625 e. The van der Waals surface area contributed by atoms with Crippen LogP contribution in [0.1, 0.15) is 5.56 Å². The molecule has 40 heavy (non-hydrogen) atoms. The van der Waals surface area contributed by atoms with Gasteiger partial charge in [-0.2, -0.15) is 0 Å². The fraction of sp³-hybridized carbons (Fsp3) is 0.0256. The van der Waals surface area contributed by atoms with Gasteiger partial charge in [0.25, 0.3) is 0 Å². The molecule has 0 saturated heterocycles. The maximum Gasteiger partial charge on any atom is 0.0625 e. The van der Waals surface area contributed by atoms with Crippen molar-refractivity contribution in [3.8, 4) is 27.9 Å². The minimum Gasteiger partial charge on any atom is -0.309 e. The van der Waals surface area contributed by atoms with Gasteiger partial charge in [-0.25, -0.2) is 0 Å². The number of aromatic nitrogens is 1. The van der Waals surface area contributed by atoms with E-state index in [9.17, 15) is 0 Å². The van der Waals surface area contributed by atoms with Crippen LogP contribution in [0.4, 0.5) is 0 Å². The molecule has 0 aliphatic heterocycles. The summed E-state index contributed by atoms with van der Waals surface area (Å²) < 4.78 is 2.48. The molecule has 0 amide bonds. The second kappa shape index (κ2) is 8.97. The standard InChI is InChI=1S/C39H27N/c1-26-18-20-28(21-19-26)30-22-23-37-36(25-30)38-34-16-7-5-14-32(34)33-15-6-8-17-35(33)39(38)40(37)31-13-9-12-29(24-31)27-10-3-2-4-11-27/h2-25H,1H3. The molecule has 0 spiro atoms. The average Bonchev–Trinajstić information content (AvgIpc) is 3.37. The number of rotatable bonds is 3. The Kier molecular flexibility index (Phi) is 5.11. The van der Waals surface area contributed by atoms with Gasteiger partial charge in [0, 0.05) is 21.8 Å². The van der Waals surface area contributed by atoms with Gasteiger partial charge in [-0.3, -0.25) is 0 Å². The van der Waals surface area contributed by atoms with Crippen LogP contribution in [0.5, 0.6) is 0 Å². The van der Waals surface area contributed by atoms with E-state index in [0.717, 1.165) is 0 Å². The summed E-state index contributed by atoms with van der Waals surface area (Å²) >= 11 is 0. The fourth-order valence-corrected chi connectivity index (χ4v) is 6.33. The Hall–Kier alpha value is -5.14. The Morgan fingerprint density at radius 1 is 0.400 bits per heavy atom. The average molecular weight is 510 g/mol. The fourth-order valence-electron chi connectivity index (χ4n) is 6.33. The van der Waals surface area contributed by atoms with Crippen molar-refractivity contribution in [2.75, 3.05) is 0 Å². The van der Waals surface area contributed by atoms with Gasteiger partial charge in [0.15, 0.2) is 0 Å². The number of benzene rings is 7. The van der Waals surface area contributed by atoms with Crippen LogP contribution in [0.15, 0.2) is 146 Å². The lowest BCUT2D eigenvalue weighted by molar-refractivity contribution is 1.19. The van der Waals surface area contributed by atoms with Crippen LogP contribution in [0.2, 0.25) is 0 Å². The summed E-state index contributed by atoms with van der Waals surface area (Å²) in [5.74, 6) is 0. The van der Waals surface area contributed by atoms with Gasteiger partial charge in [0.1, 0.15) is 0 Å². The zero-order chi connectivity index (χ0) is 26.6. The number of hydrogen-bond donors (Lipinski definition) is 0. The van der Waals surface area contributed by atoms with Crippen molar-refractivity contribution in [3.05, 3.63) is 151 Å². The third kappa shape index (κ3) is 3.48. The van der Waals surface area contributed by atoms with Crippen molar-refractivity contribution >= 4 is 43.4 Å². The van der Waals surface area contributed by atoms with Crippen molar-refractivity contribution < 1.29 is 0 Å². The van der Waals surface area contributed by atoms with E-state index in [1.165, 1.54) is 76.9 Å². The molecule has 1 heteroatoms. The Bertz CT molecular complexity index is 2200. The number of nitrogens with zero attached hydrogens (tertiary/aromatic N) is 1. The highest BCUT2D eigenvalue weighted by Crippen LogP contribution is 2.43. The van der Waals surface area contributed by atoms with Gasteiger partial charge >= 0.3 is 0 Å². The first-order valence-corrected chi connectivity index (χ1v) is 13.9. The van der Waals surface area contributed by atoms with Crippen molar-refractivity contribution in [2.45, 2.75) is 6.92 Å². The molecule has 0 bridgehead atoms. The second-order valence-corrected chi connectivity index (χ2v) is 10.7. The van der Waals surface area contributed by atoms with Crippen molar-refractivity contribution in [2.24, 2.45) is 0 Å². The van der Waals surface area contributed by atoms with E-state index >= 15 is 0 Å². The molecule has 0 aliphatic rings. The zero-order valence-electron chi connectivity index (χ0n) is 22.3. The zero-order valence-corrected chi connectivity index (χ0v) is 22.3. The highest BCUT2D eigenvalue weighted by Gasteiger charge is 2.19. The molecule has 7 aromatic carbocycles. The van der Waals surface area contributed by atoms with E-state index in [1.807, 2.05) is 0 Å². The Morgan fingerprint density at radius 2 is 0.975 bits per heavy atom. The van der Waals surface area contributed by atoms with E-state index in [2.05, 4.69) is 157 Å². The minimum atomic E-state index is 1.17. The summed E-state index contributed by atoms with van der Waals surface area (Å²) in [6, 6.07) is 53.1. The van der Waals surface area contributed by atoms with E-state index in [0.29, 0.717) is 0 Å². The molecule has 8 aromatic rings. The molecule has 188 valence electrons. The van der Waals surface area contributed by atoms with Crippen molar-refractivity contribution in [1.82, 2.24) is 4.57 Å². The van der Waals surface area contributed by atoms with Gasteiger partial charge in [-0.1, -0.05) is 127 Å². The van der Waals surface area contributed by atoms with Gasteiger partial charge in [-0.15, -0.1) is 0 Å². The van der Waals surface area contributed by atoms with E-state index in [1.54, 1.807) is 0 Å². The quantitative estimate of drug-likeness (QED) is 0.209. The van der Waals surface area contributed by atoms with Crippen LogP contribution in [0, 0.1) is 6.92 Å². The number of fused-ring (bicyclic) bond motifs is 8.